The number of nitrogens with one attached hydrogen (secondary N) is 1. The van der Waals surface area contributed by atoms with Crippen LogP contribution in [0.2, 0.25) is 15.1 Å². The maximum absolute atomic E-state index is 13.7. The van der Waals surface area contributed by atoms with Gasteiger partial charge in [0.15, 0.2) is 0 Å². The van der Waals surface area contributed by atoms with E-state index in [1.165, 1.54) is 9.21 Å². The van der Waals surface area contributed by atoms with Crippen molar-refractivity contribution >= 4 is 62.3 Å². The lowest BCUT2D eigenvalue weighted by molar-refractivity contribution is -0.141. The van der Waals surface area contributed by atoms with E-state index in [2.05, 4.69) is 5.32 Å². The van der Waals surface area contributed by atoms with Gasteiger partial charge in [-0.1, -0.05) is 66.7 Å². The fraction of sp³-hybridized carbons (Fsp3) is 0.500. The summed E-state index contributed by atoms with van der Waals surface area (Å²) in [5.41, 5.74) is 1.67. The summed E-state index contributed by atoms with van der Waals surface area (Å²) >= 11 is 19.1. The molecule has 39 heavy (non-hydrogen) atoms. The van der Waals surface area contributed by atoms with Crippen LogP contribution in [0.15, 0.2) is 36.4 Å². The molecule has 1 fully saturated rings. The van der Waals surface area contributed by atoms with Crippen LogP contribution in [0.1, 0.15) is 63.0 Å². The molecule has 1 aliphatic carbocycles. The number of benzene rings is 2. The van der Waals surface area contributed by atoms with Crippen LogP contribution in [0.5, 0.6) is 0 Å². The normalized spacial score (nSPS) is 14.7. The minimum absolute atomic E-state index is 0.0287. The van der Waals surface area contributed by atoms with Crippen molar-refractivity contribution in [3.8, 4) is 0 Å². The molecule has 0 bridgehead atoms. The topological polar surface area (TPSA) is 86.8 Å². The molecule has 214 valence electrons. The molecule has 0 saturated heterocycles. The minimum Gasteiger partial charge on any atom is -0.352 e. The molecular weight excluding hydrogens is 581 g/mol. The zero-order chi connectivity index (χ0) is 28.7. The molecule has 2 aromatic carbocycles. The van der Waals surface area contributed by atoms with E-state index in [1.807, 2.05) is 6.92 Å². The second-order valence-electron chi connectivity index (χ2n) is 9.96. The zero-order valence-electron chi connectivity index (χ0n) is 22.6. The summed E-state index contributed by atoms with van der Waals surface area (Å²) in [6.45, 7) is 3.76. The molecular formula is C28H36Cl3N3O4S. The number of hydrogen-bond donors (Lipinski definition) is 1. The zero-order valence-corrected chi connectivity index (χ0v) is 25.6. The Bertz CT molecular complexity index is 1260. The average molecular weight is 617 g/mol. The molecule has 2 amide bonds. The summed E-state index contributed by atoms with van der Waals surface area (Å²) < 4.78 is 26.5. The molecule has 1 unspecified atom stereocenters. The van der Waals surface area contributed by atoms with Gasteiger partial charge in [-0.15, -0.1) is 0 Å². The van der Waals surface area contributed by atoms with Gasteiger partial charge in [-0.3, -0.25) is 13.9 Å². The Morgan fingerprint density at radius 3 is 2.21 bits per heavy atom. The monoisotopic (exact) mass is 615 g/mol. The summed E-state index contributed by atoms with van der Waals surface area (Å²) in [5.74, 6) is -0.482. The van der Waals surface area contributed by atoms with Crippen LogP contribution in [-0.4, -0.2) is 50.0 Å². The third kappa shape index (κ3) is 8.26. The molecule has 0 aliphatic heterocycles. The number of rotatable bonds is 12. The van der Waals surface area contributed by atoms with Gasteiger partial charge in [-0.25, -0.2) is 8.42 Å². The van der Waals surface area contributed by atoms with Crippen LogP contribution in [0, 0.1) is 6.92 Å². The predicted molar refractivity (Wildman–Crippen MR) is 159 cm³/mol. The molecule has 0 heterocycles. The Labute approximate surface area is 246 Å². The highest BCUT2D eigenvalue weighted by atomic mass is 35.5. The molecule has 7 nitrogen and oxygen atoms in total. The van der Waals surface area contributed by atoms with Crippen molar-refractivity contribution in [2.24, 2.45) is 0 Å². The number of sulfonamides is 1. The first-order chi connectivity index (χ1) is 18.4. The van der Waals surface area contributed by atoms with Gasteiger partial charge in [-0.05, 0) is 62.4 Å². The average Bonchev–Trinajstić information content (AvgIpc) is 3.37. The number of carbonyl (C=O) groups is 2. The van der Waals surface area contributed by atoms with Gasteiger partial charge >= 0.3 is 0 Å². The summed E-state index contributed by atoms with van der Waals surface area (Å²) in [4.78, 5) is 28.5. The highest BCUT2D eigenvalue weighted by molar-refractivity contribution is 7.92. The lowest BCUT2D eigenvalue weighted by atomic mass is 10.1. The van der Waals surface area contributed by atoms with Gasteiger partial charge in [0.2, 0.25) is 21.8 Å². The van der Waals surface area contributed by atoms with Crippen LogP contribution >= 0.6 is 34.8 Å². The summed E-state index contributed by atoms with van der Waals surface area (Å²) in [7, 11) is -3.63. The maximum Gasteiger partial charge on any atom is 0.243 e. The molecule has 0 radical (unpaired) electrons. The van der Waals surface area contributed by atoms with Crippen molar-refractivity contribution in [1.82, 2.24) is 10.2 Å². The SMILES string of the molecule is CCC(C(=O)NC1CCCC1)N(Cc1c(Cl)cccc1Cl)C(=O)CCCN(c1cccc(Cl)c1C)S(C)(=O)=O. The quantitative estimate of drug-likeness (QED) is 0.300. The first kappa shape index (κ1) is 31.5. The second-order valence-corrected chi connectivity index (χ2v) is 13.1. The molecule has 11 heteroatoms. The molecule has 0 aromatic heterocycles. The number of halogens is 3. The van der Waals surface area contributed by atoms with Crippen molar-refractivity contribution in [3.05, 3.63) is 62.6 Å². The molecule has 2 aromatic rings. The second kappa shape index (κ2) is 14.1. The molecule has 1 atom stereocenters. The number of nitrogens with zero attached hydrogens (tertiary/aromatic N) is 2. The first-order valence-corrected chi connectivity index (χ1v) is 16.2. The Kier molecular flexibility index (Phi) is 11.4. The van der Waals surface area contributed by atoms with Gasteiger partial charge in [0.05, 0.1) is 11.9 Å². The molecule has 1 aliphatic rings. The number of hydrogen-bond acceptors (Lipinski definition) is 4. The Balaban J connectivity index is 1.82. The van der Waals surface area contributed by atoms with Crippen LogP contribution < -0.4 is 9.62 Å². The number of carbonyl (C=O) groups excluding carboxylic acids is 2. The van der Waals surface area contributed by atoms with E-state index in [9.17, 15) is 18.0 Å². The third-order valence-electron chi connectivity index (χ3n) is 7.14. The van der Waals surface area contributed by atoms with Crippen LogP contribution in [0.4, 0.5) is 5.69 Å². The lowest BCUT2D eigenvalue weighted by Crippen LogP contribution is -2.51. The van der Waals surface area contributed by atoms with Crippen molar-refractivity contribution in [1.29, 1.82) is 0 Å². The number of anilines is 1. The van der Waals surface area contributed by atoms with Gasteiger partial charge in [0, 0.05) is 46.2 Å². The highest BCUT2D eigenvalue weighted by Gasteiger charge is 2.31. The number of amides is 2. The van der Waals surface area contributed by atoms with E-state index in [-0.39, 0.29) is 43.8 Å². The summed E-state index contributed by atoms with van der Waals surface area (Å²) in [6.07, 6.45) is 5.80. The van der Waals surface area contributed by atoms with Crippen molar-refractivity contribution < 1.29 is 18.0 Å². The van der Waals surface area contributed by atoms with Crippen molar-refractivity contribution in [2.75, 3.05) is 17.1 Å². The molecule has 1 saturated carbocycles. The van der Waals surface area contributed by atoms with E-state index in [0.717, 1.165) is 31.9 Å². The van der Waals surface area contributed by atoms with E-state index in [4.69, 9.17) is 34.8 Å². The highest BCUT2D eigenvalue weighted by Crippen LogP contribution is 2.30. The third-order valence-corrected chi connectivity index (χ3v) is 9.44. The Morgan fingerprint density at radius 1 is 1.03 bits per heavy atom. The lowest BCUT2D eigenvalue weighted by Gasteiger charge is -2.32. The van der Waals surface area contributed by atoms with Crippen molar-refractivity contribution in [2.45, 2.75) is 77.4 Å². The van der Waals surface area contributed by atoms with Gasteiger partial charge < -0.3 is 10.2 Å². The van der Waals surface area contributed by atoms with Crippen LogP contribution in [0.25, 0.3) is 0 Å². The molecule has 0 spiro atoms. The van der Waals surface area contributed by atoms with Crippen LogP contribution in [-0.2, 0) is 26.2 Å². The fourth-order valence-electron chi connectivity index (χ4n) is 4.99. The van der Waals surface area contributed by atoms with E-state index in [0.29, 0.717) is 38.3 Å². The maximum atomic E-state index is 13.7. The molecule has 1 N–H and O–H groups in total. The van der Waals surface area contributed by atoms with Gasteiger partial charge in [0.25, 0.3) is 0 Å². The van der Waals surface area contributed by atoms with Gasteiger partial charge in [0.1, 0.15) is 6.04 Å². The van der Waals surface area contributed by atoms with Gasteiger partial charge in [-0.2, -0.15) is 0 Å². The predicted octanol–water partition coefficient (Wildman–Crippen LogP) is 6.37. The van der Waals surface area contributed by atoms with E-state index >= 15 is 0 Å². The fourth-order valence-corrected chi connectivity index (χ4v) is 6.69. The van der Waals surface area contributed by atoms with Crippen molar-refractivity contribution in [3.63, 3.8) is 0 Å². The summed E-state index contributed by atoms with van der Waals surface area (Å²) in [5, 5.41) is 4.38. The Morgan fingerprint density at radius 2 is 1.62 bits per heavy atom. The minimum atomic E-state index is -3.63. The molecule has 3 rings (SSSR count). The smallest absolute Gasteiger partial charge is 0.243 e. The van der Waals surface area contributed by atoms with E-state index < -0.39 is 16.1 Å². The standard InChI is InChI=1S/C28H36Cl3N3O4S/c1-4-25(28(36)32-20-10-5-6-11-20)33(18-21-23(30)13-7-14-24(21)31)27(35)16-9-17-34(39(3,37)38)26-15-8-12-22(29)19(26)2/h7-8,12-15,20,25H,4-6,9-11,16-18H2,1-3H3,(H,32,36). The largest absolute Gasteiger partial charge is 0.352 e. The summed E-state index contributed by atoms with van der Waals surface area (Å²) in [6, 6.07) is 9.59. The van der Waals surface area contributed by atoms with Crippen LogP contribution in [0.3, 0.4) is 0 Å². The first-order valence-electron chi connectivity index (χ1n) is 13.2. The van der Waals surface area contributed by atoms with E-state index in [1.54, 1.807) is 43.3 Å². The Hall–Kier alpha value is -2.00.